The summed E-state index contributed by atoms with van der Waals surface area (Å²) in [6.07, 6.45) is 11.9. The normalized spacial score (nSPS) is 22.5. The summed E-state index contributed by atoms with van der Waals surface area (Å²) in [6.45, 7) is 7.78. The van der Waals surface area contributed by atoms with Crippen LogP contribution in [0.4, 0.5) is 4.79 Å². The quantitative estimate of drug-likeness (QED) is 0.255. The van der Waals surface area contributed by atoms with Gasteiger partial charge in [-0.05, 0) is 71.6 Å². The Morgan fingerprint density at radius 2 is 1.74 bits per heavy atom. The van der Waals surface area contributed by atoms with Crippen molar-refractivity contribution in [1.82, 2.24) is 20.3 Å². The summed E-state index contributed by atoms with van der Waals surface area (Å²) >= 11 is 0. The van der Waals surface area contributed by atoms with E-state index >= 15 is 0 Å². The Morgan fingerprint density at radius 3 is 2.33 bits per heavy atom. The number of allylic oxidation sites excluding steroid dienone is 2. The minimum atomic E-state index is -3.37. The number of alkyl carbamates (subject to hydrolysis) is 1. The van der Waals surface area contributed by atoms with E-state index in [1.54, 1.807) is 27.8 Å². The van der Waals surface area contributed by atoms with Crippen molar-refractivity contribution >= 4 is 33.8 Å². The van der Waals surface area contributed by atoms with Crippen LogP contribution in [-0.4, -0.2) is 74.2 Å². The van der Waals surface area contributed by atoms with Crippen molar-refractivity contribution in [2.75, 3.05) is 20.1 Å². The molecule has 3 atom stereocenters. The smallest absolute Gasteiger partial charge is 0.408 e. The largest absolute Gasteiger partial charge is 0.444 e. The number of carbonyl (C=O) groups excluding carboxylic acids is 4. The van der Waals surface area contributed by atoms with Gasteiger partial charge in [-0.1, -0.05) is 31.9 Å². The van der Waals surface area contributed by atoms with Crippen molar-refractivity contribution in [3.05, 3.63) is 12.2 Å². The van der Waals surface area contributed by atoms with Crippen molar-refractivity contribution in [3.8, 4) is 0 Å². The number of likely N-dealkylation sites (tertiary alicyclic amines) is 1. The molecule has 11 nitrogen and oxygen atoms in total. The third-order valence-electron chi connectivity index (χ3n) is 6.65. The number of likely N-dealkylation sites (N-methyl/N-ethyl adjacent to an activating group) is 1. The van der Waals surface area contributed by atoms with Gasteiger partial charge in [0.1, 0.15) is 18.2 Å². The van der Waals surface area contributed by atoms with Gasteiger partial charge in [0.2, 0.25) is 27.7 Å². The summed E-state index contributed by atoms with van der Waals surface area (Å²) in [5.74, 6) is -0.642. The van der Waals surface area contributed by atoms with Crippen LogP contribution in [0.3, 0.4) is 0 Å². The Bertz CT molecular complexity index is 1000. The van der Waals surface area contributed by atoms with Crippen molar-refractivity contribution in [2.24, 2.45) is 11.8 Å². The van der Waals surface area contributed by atoms with Gasteiger partial charge in [0.25, 0.3) is 0 Å². The van der Waals surface area contributed by atoms with Crippen molar-refractivity contribution < 1.29 is 32.3 Å². The van der Waals surface area contributed by atoms with Crippen LogP contribution < -0.4 is 15.4 Å². The number of sulfonamides is 1. The van der Waals surface area contributed by atoms with Crippen LogP contribution in [0, 0.1) is 11.8 Å². The highest BCUT2D eigenvalue weighted by molar-refractivity contribution is 7.90. The van der Waals surface area contributed by atoms with Crippen LogP contribution in [0.15, 0.2) is 12.2 Å². The zero-order valence-electron chi connectivity index (χ0n) is 24.0. The average Bonchev–Trinajstić information content (AvgIpc) is 3.78. The lowest BCUT2D eigenvalue weighted by Crippen LogP contribution is -2.48. The van der Waals surface area contributed by atoms with Crippen molar-refractivity contribution in [2.45, 2.75) is 102 Å². The van der Waals surface area contributed by atoms with E-state index in [1.807, 2.05) is 0 Å². The molecule has 4 amide bonds. The van der Waals surface area contributed by atoms with Gasteiger partial charge in [-0.3, -0.25) is 19.1 Å². The van der Waals surface area contributed by atoms with Crippen LogP contribution in [0.1, 0.15) is 85.5 Å². The van der Waals surface area contributed by atoms with E-state index in [9.17, 15) is 27.6 Å². The standard InChI is InChI=1S/C14H23NO3S.C13H23N3O4/c1-2-3-4-5-6-7-11-10-13(11)14(16)15-19(17,18)12-8-9-12;1-13(2,3)20-12(19)15-8-10(17)16-7-5-6-9(16)11(18)14-4/h6-7,11-13H,2-5,8-10H2,1H3,(H,15,16);9H,5-8H2,1-4H3,(H,14,18)(H,15,19)/b7-6-;/t11?,13-;9-/m00/s1. The number of nitrogens with zero attached hydrogens (tertiary/aromatic N) is 1. The lowest BCUT2D eigenvalue weighted by atomic mass is 10.2. The maximum Gasteiger partial charge on any atom is 0.408 e. The number of carbonyl (C=O) groups is 4. The van der Waals surface area contributed by atoms with E-state index in [4.69, 9.17) is 4.74 Å². The van der Waals surface area contributed by atoms with Gasteiger partial charge < -0.3 is 20.3 Å². The fraction of sp³-hybridized carbons (Fsp3) is 0.778. The highest BCUT2D eigenvalue weighted by Gasteiger charge is 2.45. The summed E-state index contributed by atoms with van der Waals surface area (Å²) in [6, 6.07) is -0.437. The molecule has 222 valence electrons. The molecule has 0 bridgehead atoms. The maximum atomic E-state index is 12.0. The molecule has 0 aromatic heterocycles. The summed E-state index contributed by atoms with van der Waals surface area (Å²) < 4.78 is 30.5. The van der Waals surface area contributed by atoms with Crippen LogP contribution >= 0.6 is 0 Å². The van der Waals surface area contributed by atoms with Gasteiger partial charge in [-0.2, -0.15) is 0 Å². The molecule has 0 radical (unpaired) electrons. The Morgan fingerprint density at radius 1 is 1.05 bits per heavy atom. The zero-order valence-corrected chi connectivity index (χ0v) is 24.8. The lowest BCUT2D eigenvalue weighted by molar-refractivity contribution is -0.137. The second kappa shape index (κ2) is 14.7. The maximum absolute atomic E-state index is 12.0. The predicted octanol–water partition coefficient (Wildman–Crippen LogP) is 2.62. The highest BCUT2D eigenvalue weighted by atomic mass is 32.2. The first-order chi connectivity index (χ1) is 18.3. The first-order valence-electron chi connectivity index (χ1n) is 14.0. The fourth-order valence-corrected chi connectivity index (χ4v) is 5.61. The number of hydrogen-bond acceptors (Lipinski definition) is 7. The van der Waals surface area contributed by atoms with Crippen LogP contribution in [0.2, 0.25) is 0 Å². The van der Waals surface area contributed by atoms with Crippen molar-refractivity contribution in [1.29, 1.82) is 0 Å². The molecule has 0 aromatic rings. The second-order valence-electron chi connectivity index (χ2n) is 11.4. The Labute approximate surface area is 232 Å². The van der Waals surface area contributed by atoms with E-state index in [2.05, 4.69) is 34.4 Å². The molecule has 1 unspecified atom stereocenters. The molecule has 0 spiro atoms. The number of unbranched alkanes of at least 4 members (excludes halogenated alkanes) is 3. The van der Waals surface area contributed by atoms with E-state index in [-0.39, 0.29) is 41.4 Å². The van der Waals surface area contributed by atoms with Crippen LogP contribution in [-0.2, 0) is 29.1 Å². The minimum absolute atomic E-state index is 0.129. The highest BCUT2D eigenvalue weighted by Crippen LogP contribution is 2.40. The molecule has 2 aliphatic carbocycles. The molecule has 0 aromatic carbocycles. The topological polar surface area (TPSA) is 151 Å². The molecule has 39 heavy (non-hydrogen) atoms. The molecule has 1 heterocycles. The minimum Gasteiger partial charge on any atom is -0.444 e. The SMILES string of the molecule is CCCCC/C=C\C1C[C@@H]1C(=O)NS(=O)(=O)C1CC1.CNC(=O)[C@@H]1CCCN1C(=O)CNC(=O)OC(C)(C)C. The summed E-state index contributed by atoms with van der Waals surface area (Å²) in [7, 11) is -1.83. The fourth-order valence-electron chi connectivity index (χ4n) is 4.26. The third-order valence-corrected chi connectivity index (χ3v) is 8.48. The van der Waals surface area contributed by atoms with Gasteiger partial charge in [0, 0.05) is 19.5 Å². The molecule has 12 heteroatoms. The number of amides is 4. The number of ether oxygens (including phenoxy) is 1. The molecule has 3 fully saturated rings. The molecular formula is C27H46N4O7S. The number of rotatable bonds is 11. The van der Waals surface area contributed by atoms with Gasteiger partial charge in [0.15, 0.2) is 0 Å². The molecule has 3 rings (SSSR count). The summed E-state index contributed by atoms with van der Waals surface area (Å²) in [5, 5.41) is 4.63. The second-order valence-corrected chi connectivity index (χ2v) is 13.3. The molecule has 3 aliphatic rings. The molecule has 1 aliphatic heterocycles. The van der Waals surface area contributed by atoms with Crippen molar-refractivity contribution in [3.63, 3.8) is 0 Å². The van der Waals surface area contributed by atoms with Crippen LogP contribution in [0.5, 0.6) is 0 Å². The Balaban J connectivity index is 0.000000274. The summed E-state index contributed by atoms with van der Waals surface area (Å²) in [4.78, 5) is 48.4. The van der Waals surface area contributed by atoms with Gasteiger partial charge in [-0.25, -0.2) is 13.2 Å². The van der Waals surface area contributed by atoms with E-state index in [1.165, 1.54) is 24.2 Å². The molecular weight excluding hydrogens is 524 g/mol. The zero-order chi connectivity index (χ0) is 29.2. The van der Waals surface area contributed by atoms with Gasteiger partial charge in [0.05, 0.1) is 5.25 Å². The van der Waals surface area contributed by atoms with E-state index in [0.717, 1.165) is 19.3 Å². The third kappa shape index (κ3) is 11.6. The van der Waals surface area contributed by atoms with Crippen LogP contribution in [0.25, 0.3) is 0 Å². The molecule has 2 saturated carbocycles. The molecule has 1 saturated heterocycles. The Kier molecular flexibility index (Phi) is 12.3. The first kappa shape index (κ1) is 32.6. The monoisotopic (exact) mass is 570 g/mol. The Hall–Kier alpha value is -2.63. The lowest BCUT2D eigenvalue weighted by Gasteiger charge is -2.24. The van der Waals surface area contributed by atoms with Gasteiger partial charge >= 0.3 is 6.09 Å². The molecule has 3 N–H and O–H groups in total. The predicted molar refractivity (Wildman–Crippen MR) is 148 cm³/mol. The van der Waals surface area contributed by atoms with E-state index < -0.39 is 27.8 Å². The first-order valence-corrected chi connectivity index (χ1v) is 15.5. The number of nitrogens with one attached hydrogen (secondary N) is 3. The average molecular weight is 571 g/mol. The van der Waals surface area contributed by atoms with E-state index in [0.29, 0.717) is 25.8 Å². The van der Waals surface area contributed by atoms with Gasteiger partial charge in [-0.15, -0.1) is 0 Å². The number of hydrogen-bond donors (Lipinski definition) is 3. The summed E-state index contributed by atoms with van der Waals surface area (Å²) in [5.41, 5.74) is -0.606.